The molecule has 0 amide bonds. The van der Waals surface area contributed by atoms with E-state index in [9.17, 15) is 15.2 Å². The Morgan fingerprint density at radius 1 is 1.57 bits per heavy atom. The maximum absolute atomic E-state index is 10.5. The van der Waals surface area contributed by atoms with E-state index in [0.717, 1.165) is 25.6 Å². The number of nitrogens with one attached hydrogen (secondary N) is 1. The molecule has 0 aliphatic carbocycles. The van der Waals surface area contributed by atoms with Gasteiger partial charge in [0.15, 0.2) is 0 Å². The van der Waals surface area contributed by atoms with Crippen molar-refractivity contribution >= 4 is 5.69 Å². The number of nitro groups is 1. The molecule has 1 atom stereocenters. The zero-order valence-corrected chi connectivity index (χ0v) is 12.5. The van der Waals surface area contributed by atoms with Crippen LogP contribution < -0.4 is 5.32 Å². The Hall–Kier alpha value is -1.51. The van der Waals surface area contributed by atoms with E-state index in [1.165, 1.54) is 10.9 Å². The highest BCUT2D eigenvalue weighted by Gasteiger charge is 2.18. The minimum atomic E-state index is -0.668. The second kappa shape index (κ2) is 8.06. The van der Waals surface area contributed by atoms with E-state index in [4.69, 9.17) is 5.11 Å². The van der Waals surface area contributed by atoms with Crippen LogP contribution in [0.1, 0.15) is 26.7 Å². The smallest absolute Gasteiger partial charge is 0.306 e. The molecule has 8 nitrogen and oxygen atoms in total. The van der Waals surface area contributed by atoms with Crippen LogP contribution in [0, 0.1) is 15.5 Å². The zero-order chi connectivity index (χ0) is 15.9. The van der Waals surface area contributed by atoms with Crippen molar-refractivity contribution in [2.75, 3.05) is 19.7 Å². The molecule has 120 valence electrons. The van der Waals surface area contributed by atoms with Crippen LogP contribution in [0.3, 0.4) is 0 Å². The van der Waals surface area contributed by atoms with Crippen molar-refractivity contribution in [1.82, 2.24) is 15.1 Å². The van der Waals surface area contributed by atoms with Gasteiger partial charge in [0.25, 0.3) is 0 Å². The fourth-order valence-corrected chi connectivity index (χ4v) is 2.05. The van der Waals surface area contributed by atoms with Gasteiger partial charge in [0.2, 0.25) is 0 Å². The lowest BCUT2D eigenvalue weighted by Gasteiger charge is -2.25. The van der Waals surface area contributed by atoms with Crippen LogP contribution in [0.5, 0.6) is 0 Å². The lowest BCUT2D eigenvalue weighted by atomic mass is 9.88. The van der Waals surface area contributed by atoms with Crippen LogP contribution in [-0.4, -0.2) is 50.7 Å². The lowest BCUT2D eigenvalue weighted by Crippen LogP contribution is -2.36. The molecule has 1 aromatic heterocycles. The first-order chi connectivity index (χ1) is 9.84. The predicted octanol–water partition coefficient (Wildman–Crippen LogP) is 0.540. The van der Waals surface area contributed by atoms with Crippen molar-refractivity contribution in [3.05, 3.63) is 22.5 Å². The third-order valence-corrected chi connectivity index (χ3v) is 3.22. The average Bonchev–Trinajstić information content (AvgIpc) is 2.85. The molecule has 1 heterocycles. The van der Waals surface area contributed by atoms with Gasteiger partial charge >= 0.3 is 5.69 Å². The van der Waals surface area contributed by atoms with Crippen molar-refractivity contribution in [3.63, 3.8) is 0 Å². The highest BCUT2D eigenvalue weighted by Crippen LogP contribution is 2.20. The number of aromatic nitrogens is 2. The summed E-state index contributed by atoms with van der Waals surface area (Å²) in [5.41, 5.74) is -0.0345. The van der Waals surface area contributed by atoms with Crippen molar-refractivity contribution in [3.8, 4) is 0 Å². The van der Waals surface area contributed by atoms with E-state index in [-0.39, 0.29) is 24.3 Å². The minimum Gasteiger partial charge on any atom is -0.396 e. The normalized spacial score (nSPS) is 13.3. The monoisotopic (exact) mass is 300 g/mol. The number of aliphatic hydroxyl groups excluding tert-OH is 2. The predicted molar refractivity (Wildman–Crippen MR) is 77.9 cm³/mol. The maximum Gasteiger partial charge on any atom is 0.306 e. The molecule has 1 unspecified atom stereocenters. The summed E-state index contributed by atoms with van der Waals surface area (Å²) >= 11 is 0. The van der Waals surface area contributed by atoms with E-state index in [1.54, 1.807) is 0 Å². The van der Waals surface area contributed by atoms with Gasteiger partial charge in [-0.1, -0.05) is 13.8 Å². The summed E-state index contributed by atoms with van der Waals surface area (Å²) in [7, 11) is 0. The molecule has 0 saturated heterocycles. The van der Waals surface area contributed by atoms with E-state index in [2.05, 4.69) is 24.3 Å². The highest BCUT2D eigenvalue weighted by molar-refractivity contribution is 5.20. The van der Waals surface area contributed by atoms with Gasteiger partial charge in [0.1, 0.15) is 12.4 Å². The lowest BCUT2D eigenvalue weighted by molar-refractivity contribution is -0.385. The van der Waals surface area contributed by atoms with Crippen molar-refractivity contribution in [2.24, 2.45) is 5.41 Å². The van der Waals surface area contributed by atoms with Gasteiger partial charge in [-0.05, 0) is 18.3 Å². The van der Waals surface area contributed by atoms with Gasteiger partial charge in [-0.3, -0.25) is 14.8 Å². The molecule has 0 saturated carbocycles. The fourth-order valence-electron chi connectivity index (χ4n) is 2.05. The van der Waals surface area contributed by atoms with Crippen molar-refractivity contribution in [1.29, 1.82) is 0 Å². The highest BCUT2D eigenvalue weighted by atomic mass is 16.6. The van der Waals surface area contributed by atoms with Gasteiger partial charge in [-0.2, -0.15) is 5.10 Å². The van der Waals surface area contributed by atoms with Gasteiger partial charge in [0.05, 0.1) is 17.6 Å². The van der Waals surface area contributed by atoms with Gasteiger partial charge < -0.3 is 15.5 Å². The Bertz CT molecular complexity index is 447. The first kappa shape index (κ1) is 17.5. The molecule has 0 aromatic carbocycles. The quantitative estimate of drug-likeness (QED) is 0.429. The summed E-state index contributed by atoms with van der Waals surface area (Å²) in [6.45, 7) is 5.69. The van der Waals surface area contributed by atoms with E-state index in [0.29, 0.717) is 6.54 Å². The van der Waals surface area contributed by atoms with Crippen molar-refractivity contribution in [2.45, 2.75) is 39.3 Å². The molecule has 1 rings (SSSR count). The number of hydrogen-bond donors (Lipinski definition) is 3. The first-order valence-corrected chi connectivity index (χ1v) is 7.00. The van der Waals surface area contributed by atoms with Crippen LogP contribution in [0.2, 0.25) is 0 Å². The van der Waals surface area contributed by atoms with E-state index < -0.39 is 11.0 Å². The largest absolute Gasteiger partial charge is 0.396 e. The van der Waals surface area contributed by atoms with Gasteiger partial charge in [0, 0.05) is 19.7 Å². The molecule has 0 aliphatic rings. The number of aliphatic hydroxyl groups is 2. The molecule has 0 aliphatic heterocycles. The Kier molecular flexibility index (Phi) is 6.73. The molecular formula is C13H24N4O4. The third-order valence-electron chi connectivity index (χ3n) is 3.22. The molecule has 0 radical (unpaired) electrons. The van der Waals surface area contributed by atoms with Crippen LogP contribution in [0.25, 0.3) is 0 Å². The Labute approximate surface area is 123 Å². The van der Waals surface area contributed by atoms with Crippen molar-refractivity contribution < 1.29 is 15.1 Å². The summed E-state index contributed by atoms with van der Waals surface area (Å²) in [6.07, 6.45) is 3.46. The van der Waals surface area contributed by atoms with Gasteiger partial charge in [-0.15, -0.1) is 0 Å². The number of hydrogen-bond acceptors (Lipinski definition) is 6. The fraction of sp³-hybridized carbons (Fsp3) is 0.769. The summed E-state index contributed by atoms with van der Waals surface area (Å²) in [6, 6.07) is 0. The zero-order valence-electron chi connectivity index (χ0n) is 12.5. The Morgan fingerprint density at radius 3 is 2.86 bits per heavy atom. The molecule has 0 spiro atoms. The average molecular weight is 300 g/mol. The molecule has 21 heavy (non-hydrogen) atoms. The summed E-state index contributed by atoms with van der Waals surface area (Å²) in [5.74, 6) is 0. The van der Waals surface area contributed by atoms with Crippen LogP contribution >= 0.6 is 0 Å². The maximum atomic E-state index is 10.5. The summed E-state index contributed by atoms with van der Waals surface area (Å²) < 4.78 is 1.36. The molecule has 8 heteroatoms. The topological polar surface area (TPSA) is 113 Å². The molecular weight excluding hydrogens is 276 g/mol. The molecule has 3 N–H and O–H groups in total. The second-order valence-corrected chi connectivity index (χ2v) is 5.95. The van der Waals surface area contributed by atoms with E-state index >= 15 is 0 Å². The summed E-state index contributed by atoms with van der Waals surface area (Å²) in [4.78, 5) is 10.0. The molecule has 0 bridgehead atoms. The Morgan fingerprint density at radius 2 is 2.29 bits per heavy atom. The standard InChI is InChI=1S/C13H24N4O4/c1-13(2,4-3-5-18)10-14-7-12(19)9-16-8-11(6-15-16)17(20)21/h6,8,12,14,18-19H,3-5,7,9-10H2,1-2H3. The molecule has 1 aromatic rings. The van der Waals surface area contributed by atoms with E-state index in [1.807, 2.05) is 0 Å². The first-order valence-electron chi connectivity index (χ1n) is 7.00. The minimum absolute atomic E-state index is 0.0485. The van der Waals surface area contributed by atoms with Gasteiger partial charge in [-0.25, -0.2) is 0 Å². The molecule has 0 fully saturated rings. The van der Waals surface area contributed by atoms with Crippen LogP contribution in [0.15, 0.2) is 12.4 Å². The third kappa shape index (κ3) is 6.65. The number of rotatable bonds is 10. The second-order valence-electron chi connectivity index (χ2n) is 5.95. The van der Waals surface area contributed by atoms with Crippen LogP contribution in [-0.2, 0) is 6.54 Å². The summed E-state index contributed by atoms with van der Waals surface area (Å²) in [5, 5.41) is 36.3. The Balaban J connectivity index is 2.30. The SMILES string of the molecule is CC(C)(CCCO)CNCC(O)Cn1cc([N+](=O)[O-])cn1. The van der Waals surface area contributed by atoms with Crippen LogP contribution in [0.4, 0.5) is 5.69 Å². The number of nitrogens with zero attached hydrogens (tertiary/aromatic N) is 3.